The second-order valence-electron chi connectivity index (χ2n) is 2.99. The standard InChI is InChI=1S/C9H13N3S2/c1-7(8-5-4-6-14-8)10-11-9(13)12(2)3/h4-6H,1-3H3,(H,11,13). The third-order valence-electron chi connectivity index (χ3n) is 1.60. The third-order valence-corrected chi connectivity index (χ3v) is 3.04. The van der Waals surface area contributed by atoms with Crippen LogP contribution in [-0.2, 0) is 0 Å². The number of thiocarbonyl (C=S) groups is 1. The van der Waals surface area contributed by atoms with Gasteiger partial charge in [0.05, 0.1) is 5.71 Å². The number of nitrogens with zero attached hydrogens (tertiary/aromatic N) is 2. The van der Waals surface area contributed by atoms with Gasteiger partial charge in [-0.15, -0.1) is 11.3 Å². The Bertz CT molecular complexity index is 328. The van der Waals surface area contributed by atoms with Crippen molar-refractivity contribution < 1.29 is 0 Å². The van der Waals surface area contributed by atoms with Crippen molar-refractivity contribution in [3.8, 4) is 0 Å². The van der Waals surface area contributed by atoms with Crippen LogP contribution >= 0.6 is 23.6 Å². The first-order chi connectivity index (χ1) is 6.61. The van der Waals surface area contributed by atoms with Crippen molar-refractivity contribution in [2.45, 2.75) is 6.92 Å². The van der Waals surface area contributed by atoms with E-state index in [1.54, 1.807) is 16.2 Å². The molecule has 0 radical (unpaired) electrons. The molecule has 1 aromatic heterocycles. The highest BCUT2D eigenvalue weighted by Crippen LogP contribution is 2.09. The smallest absolute Gasteiger partial charge is 0.189 e. The van der Waals surface area contributed by atoms with Gasteiger partial charge in [-0.25, -0.2) is 0 Å². The maximum absolute atomic E-state index is 5.04. The van der Waals surface area contributed by atoms with Gasteiger partial charge in [-0.1, -0.05) is 6.07 Å². The van der Waals surface area contributed by atoms with Gasteiger partial charge >= 0.3 is 0 Å². The van der Waals surface area contributed by atoms with Crippen molar-refractivity contribution in [3.05, 3.63) is 22.4 Å². The molecule has 1 aromatic rings. The van der Waals surface area contributed by atoms with Gasteiger partial charge in [-0.2, -0.15) is 5.10 Å². The van der Waals surface area contributed by atoms with E-state index in [9.17, 15) is 0 Å². The summed E-state index contributed by atoms with van der Waals surface area (Å²) in [5, 5.41) is 6.82. The Labute approximate surface area is 93.4 Å². The molecule has 0 aliphatic heterocycles. The molecule has 0 saturated carbocycles. The summed E-state index contributed by atoms with van der Waals surface area (Å²) in [5.41, 5.74) is 3.77. The van der Waals surface area contributed by atoms with Crippen LogP contribution in [0.2, 0.25) is 0 Å². The van der Waals surface area contributed by atoms with Crippen LogP contribution in [0.5, 0.6) is 0 Å². The minimum atomic E-state index is 0.612. The second kappa shape index (κ2) is 5.07. The van der Waals surface area contributed by atoms with E-state index in [0.717, 1.165) is 10.6 Å². The van der Waals surface area contributed by atoms with Crippen LogP contribution in [0.4, 0.5) is 0 Å². The summed E-state index contributed by atoms with van der Waals surface area (Å²) in [6, 6.07) is 4.03. The fourth-order valence-corrected chi connectivity index (χ4v) is 1.49. The van der Waals surface area contributed by atoms with Crippen molar-refractivity contribution in [3.63, 3.8) is 0 Å². The largest absolute Gasteiger partial charge is 0.354 e. The number of hydrogen-bond acceptors (Lipinski definition) is 3. The Morgan fingerprint density at radius 1 is 1.57 bits per heavy atom. The van der Waals surface area contributed by atoms with E-state index in [1.165, 1.54) is 0 Å². The molecule has 76 valence electrons. The Morgan fingerprint density at radius 2 is 2.29 bits per heavy atom. The average Bonchev–Trinajstić information content (AvgIpc) is 2.66. The number of nitrogens with one attached hydrogen (secondary N) is 1. The molecule has 0 saturated heterocycles. The molecule has 1 N–H and O–H groups in total. The van der Waals surface area contributed by atoms with Gasteiger partial charge < -0.3 is 4.90 Å². The Morgan fingerprint density at radius 3 is 2.79 bits per heavy atom. The fraction of sp³-hybridized carbons (Fsp3) is 0.333. The predicted octanol–water partition coefficient (Wildman–Crippen LogP) is 1.91. The molecule has 0 spiro atoms. The molecule has 0 aliphatic carbocycles. The number of hydrogen-bond donors (Lipinski definition) is 1. The van der Waals surface area contributed by atoms with Crippen molar-refractivity contribution >= 4 is 34.4 Å². The van der Waals surface area contributed by atoms with Gasteiger partial charge in [-0.05, 0) is 30.6 Å². The second-order valence-corrected chi connectivity index (χ2v) is 4.32. The number of rotatable bonds is 2. The van der Waals surface area contributed by atoms with Crippen LogP contribution < -0.4 is 5.43 Å². The van der Waals surface area contributed by atoms with Gasteiger partial charge in [-0.3, -0.25) is 5.43 Å². The SMILES string of the molecule is CC(=NNC(=S)N(C)C)c1cccs1. The van der Waals surface area contributed by atoms with Crippen LogP contribution in [0.1, 0.15) is 11.8 Å². The van der Waals surface area contributed by atoms with E-state index >= 15 is 0 Å². The highest BCUT2D eigenvalue weighted by molar-refractivity contribution is 7.80. The van der Waals surface area contributed by atoms with E-state index in [4.69, 9.17) is 12.2 Å². The molecule has 0 atom stereocenters. The lowest BCUT2D eigenvalue weighted by atomic mass is 10.3. The lowest BCUT2D eigenvalue weighted by Crippen LogP contribution is -2.31. The van der Waals surface area contributed by atoms with Gasteiger partial charge in [0, 0.05) is 19.0 Å². The summed E-state index contributed by atoms with van der Waals surface area (Å²) in [4.78, 5) is 2.96. The van der Waals surface area contributed by atoms with E-state index in [-0.39, 0.29) is 0 Å². The predicted molar refractivity (Wildman–Crippen MR) is 66.0 cm³/mol. The highest BCUT2D eigenvalue weighted by atomic mass is 32.1. The van der Waals surface area contributed by atoms with E-state index < -0.39 is 0 Å². The zero-order chi connectivity index (χ0) is 10.6. The molecule has 0 amide bonds. The molecule has 0 aromatic carbocycles. The van der Waals surface area contributed by atoms with Crippen LogP contribution in [0.15, 0.2) is 22.6 Å². The van der Waals surface area contributed by atoms with Gasteiger partial charge in [0.15, 0.2) is 5.11 Å². The van der Waals surface area contributed by atoms with Gasteiger partial charge in [0.1, 0.15) is 0 Å². The van der Waals surface area contributed by atoms with Crippen LogP contribution in [0.25, 0.3) is 0 Å². The molecule has 5 heteroatoms. The molecule has 0 bridgehead atoms. The monoisotopic (exact) mass is 227 g/mol. The van der Waals surface area contributed by atoms with Crippen molar-refractivity contribution in [1.82, 2.24) is 10.3 Å². The Hall–Kier alpha value is -0.940. The summed E-state index contributed by atoms with van der Waals surface area (Å²) in [6.07, 6.45) is 0. The lowest BCUT2D eigenvalue weighted by molar-refractivity contribution is 0.606. The average molecular weight is 227 g/mol. The number of hydrazone groups is 1. The molecule has 3 nitrogen and oxygen atoms in total. The van der Waals surface area contributed by atoms with Gasteiger partial charge in [0.2, 0.25) is 0 Å². The summed E-state index contributed by atoms with van der Waals surface area (Å²) in [7, 11) is 3.76. The zero-order valence-electron chi connectivity index (χ0n) is 8.44. The molecule has 0 unspecified atom stereocenters. The van der Waals surface area contributed by atoms with Crippen molar-refractivity contribution in [2.24, 2.45) is 5.10 Å². The normalized spacial score (nSPS) is 11.2. The summed E-state index contributed by atoms with van der Waals surface area (Å²) in [6.45, 7) is 1.96. The van der Waals surface area contributed by atoms with Crippen molar-refractivity contribution in [2.75, 3.05) is 14.1 Å². The van der Waals surface area contributed by atoms with E-state index in [0.29, 0.717) is 5.11 Å². The minimum Gasteiger partial charge on any atom is -0.354 e. The molecular formula is C9H13N3S2. The quantitative estimate of drug-likeness (QED) is 0.475. The molecule has 14 heavy (non-hydrogen) atoms. The van der Waals surface area contributed by atoms with Crippen LogP contribution in [0, 0.1) is 0 Å². The Balaban J connectivity index is 2.58. The first-order valence-electron chi connectivity index (χ1n) is 4.16. The number of thiophene rings is 1. The van der Waals surface area contributed by atoms with Crippen molar-refractivity contribution in [1.29, 1.82) is 0 Å². The fourth-order valence-electron chi connectivity index (χ4n) is 0.771. The summed E-state index contributed by atoms with van der Waals surface area (Å²) in [5.74, 6) is 0. The highest BCUT2D eigenvalue weighted by Gasteiger charge is 1.99. The molecule has 0 fully saturated rings. The Kier molecular flexibility index (Phi) is 4.03. The summed E-state index contributed by atoms with van der Waals surface area (Å²) >= 11 is 6.70. The topological polar surface area (TPSA) is 27.6 Å². The maximum Gasteiger partial charge on any atom is 0.189 e. The minimum absolute atomic E-state index is 0.612. The van der Waals surface area contributed by atoms with Crippen LogP contribution in [-0.4, -0.2) is 29.8 Å². The molecule has 1 rings (SSSR count). The lowest BCUT2D eigenvalue weighted by Gasteiger charge is -2.12. The van der Waals surface area contributed by atoms with Gasteiger partial charge in [0.25, 0.3) is 0 Å². The molecule has 0 aliphatic rings. The first-order valence-corrected chi connectivity index (χ1v) is 5.45. The zero-order valence-corrected chi connectivity index (χ0v) is 10.1. The first kappa shape index (κ1) is 11.1. The van der Waals surface area contributed by atoms with E-state index in [1.807, 2.05) is 38.5 Å². The molecular weight excluding hydrogens is 214 g/mol. The van der Waals surface area contributed by atoms with E-state index in [2.05, 4.69) is 10.5 Å². The van der Waals surface area contributed by atoms with Crippen LogP contribution in [0.3, 0.4) is 0 Å². The third kappa shape index (κ3) is 3.08. The summed E-state index contributed by atoms with van der Waals surface area (Å²) < 4.78 is 0. The molecule has 1 heterocycles. The maximum atomic E-state index is 5.04.